The number of carboxylic acid groups (broad SMARTS) is 2. The van der Waals surface area contributed by atoms with Crippen LogP contribution in [0.4, 0.5) is 0 Å². The molecule has 1 unspecified atom stereocenters. The van der Waals surface area contributed by atoms with E-state index >= 15 is 0 Å². The van der Waals surface area contributed by atoms with Crippen molar-refractivity contribution in [3.8, 4) is 5.75 Å². The van der Waals surface area contributed by atoms with Crippen LogP contribution in [0.3, 0.4) is 0 Å². The zero-order valence-corrected chi connectivity index (χ0v) is 13.6. The van der Waals surface area contributed by atoms with Gasteiger partial charge in [-0.15, -0.1) is 0 Å². The highest BCUT2D eigenvalue weighted by Crippen LogP contribution is 2.15. The minimum absolute atomic E-state index is 0.568. The second kappa shape index (κ2) is 11.1. The average Bonchev–Trinajstić information content (AvgIpc) is 2.45. The Hall–Kier alpha value is -1.60. The molecule has 3 N–H and O–H groups in total. The van der Waals surface area contributed by atoms with Crippen molar-refractivity contribution < 1.29 is 24.5 Å². The number of hydrogen-bond donors (Lipinski definition) is 3. The first-order valence-electron chi connectivity index (χ1n) is 6.44. The second-order valence-electron chi connectivity index (χ2n) is 4.18. The fraction of sp³-hybridized carbons (Fsp3) is 0.429. The van der Waals surface area contributed by atoms with E-state index in [0.717, 1.165) is 23.2 Å². The van der Waals surface area contributed by atoms with E-state index in [0.29, 0.717) is 12.6 Å². The first-order chi connectivity index (χ1) is 9.86. The highest BCUT2D eigenvalue weighted by molar-refractivity contribution is 9.10. The van der Waals surface area contributed by atoms with Gasteiger partial charge in [0.25, 0.3) is 0 Å². The summed E-state index contributed by atoms with van der Waals surface area (Å²) in [6.07, 6.45) is 1.15. The molecular formula is C14H20BrNO5. The molecule has 1 aromatic carbocycles. The molecule has 1 rings (SSSR count). The van der Waals surface area contributed by atoms with Gasteiger partial charge in [-0.3, -0.25) is 0 Å². The van der Waals surface area contributed by atoms with E-state index in [1.165, 1.54) is 0 Å². The van der Waals surface area contributed by atoms with Gasteiger partial charge in [0.05, 0.1) is 0 Å². The van der Waals surface area contributed by atoms with Crippen LogP contribution in [0.5, 0.6) is 5.75 Å². The highest BCUT2D eigenvalue weighted by atomic mass is 79.9. The Morgan fingerprint density at radius 1 is 1.24 bits per heavy atom. The Labute approximate surface area is 132 Å². The standard InChI is InChI=1S/C12H18BrNO.C2H2O4/c1-3-10(2)14-8-9-15-12-6-4-11(13)5-7-12;3-1(4)2(5)6/h4-7,10,14H,3,8-9H2,1-2H3;(H,3,4)(H,5,6). The molecular weight excluding hydrogens is 342 g/mol. The molecule has 0 saturated heterocycles. The van der Waals surface area contributed by atoms with E-state index in [1.54, 1.807) is 0 Å². The SMILES string of the molecule is CCC(C)NCCOc1ccc(Br)cc1.O=C(O)C(=O)O. The van der Waals surface area contributed by atoms with Gasteiger partial charge in [0, 0.05) is 17.1 Å². The highest BCUT2D eigenvalue weighted by Gasteiger charge is 2.04. The minimum Gasteiger partial charge on any atom is -0.492 e. The molecule has 118 valence electrons. The van der Waals surface area contributed by atoms with Crippen molar-refractivity contribution in [1.82, 2.24) is 5.32 Å². The molecule has 0 radical (unpaired) electrons. The smallest absolute Gasteiger partial charge is 0.414 e. The monoisotopic (exact) mass is 361 g/mol. The first kappa shape index (κ1) is 19.4. The van der Waals surface area contributed by atoms with Crippen LogP contribution in [-0.2, 0) is 9.59 Å². The number of aliphatic carboxylic acids is 2. The van der Waals surface area contributed by atoms with Crippen LogP contribution in [0.2, 0.25) is 0 Å². The summed E-state index contributed by atoms with van der Waals surface area (Å²) in [6.45, 7) is 5.96. The summed E-state index contributed by atoms with van der Waals surface area (Å²) < 4.78 is 6.65. The summed E-state index contributed by atoms with van der Waals surface area (Å²) >= 11 is 3.39. The molecule has 21 heavy (non-hydrogen) atoms. The lowest BCUT2D eigenvalue weighted by atomic mass is 10.3. The van der Waals surface area contributed by atoms with Gasteiger partial charge in [-0.05, 0) is 37.6 Å². The summed E-state index contributed by atoms with van der Waals surface area (Å²) in [6, 6.07) is 8.47. The Kier molecular flexibility index (Phi) is 10.3. The van der Waals surface area contributed by atoms with Crippen molar-refractivity contribution in [3.63, 3.8) is 0 Å². The quantitative estimate of drug-likeness (QED) is 0.531. The summed E-state index contributed by atoms with van der Waals surface area (Å²) in [5.74, 6) is -2.73. The van der Waals surface area contributed by atoms with Crippen molar-refractivity contribution in [2.75, 3.05) is 13.2 Å². The number of rotatable bonds is 6. The molecule has 0 aliphatic carbocycles. The number of benzene rings is 1. The van der Waals surface area contributed by atoms with Crippen LogP contribution in [0.25, 0.3) is 0 Å². The molecule has 0 spiro atoms. The van der Waals surface area contributed by atoms with Crippen LogP contribution in [0.1, 0.15) is 20.3 Å². The fourth-order valence-corrected chi connectivity index (χ4v) is 1.41. The van der Waals surface area contributed by atoms with Crippen LogP contribution >= 0.6 is 15.9 Å². The Bertz CT molecular complexity index is 423. The molecule has 6 nitrogen and oxygen atoms in total. The Morgan fingerprint density at radius 2 is 1.76 bits per heavy atom. The van der Waals surface area contributed by atoms with Gasteiger partial charge in [-0.25, -0.2) is 9.59 Å². The summed E-state index contributed by atoms with van der Waals surface area (Å²) in [5.41, 5.74) is 0. The zero-order valence-electron chi connectivity index (χ0n) is 12.0. The molecule has 0 amide bonds. The third kappa shape index (κ3) is 10.8. The molecule has 1 aromatic rings. The molecule has 0 fully saturated rings. The van der Waals surface area contributed by atoms with E-state index in [1.807, 2.05) is 24.3 Å². The normalized spacial score (nSPS) is 11.0. The summed E-state index contributed by atoms with van der Waals surface area (Å²) in [4.78, 5) is 18.2. The van der Waals surface area contributed by atoms with Crippen molar-refractivity contribution >= 4 is 27.9 Å². The molecule has 0 aromatic heterocycles. The van der Waals surface area contributed by atoms with E-state index < -0.39 is 11.9 Å². The second-order valence-corrected chi connectivity index (χ2v) is 5.09. The van der Waals surface area contributed by atoms with E-state index in [4.69, 9.17) is 24.5 Å². The predicted octanol–water partition coefficient (Wildman–Crippen LogP) is 2.37. The lowest BCUT2D eigenvalue weighted by Gasteiger charge is -2.11. The molecule has 0 aliphatic rings. The topological polar surface area (TPSA) is 95.9 Å². The summed E-state index contributed by atoms with van der Waals surface area (Å²) in [5, 5.41) is 18.2. The van der Waals surface area contributed by atoms with E-state index in [9.17, 15) is 0 Å². The van der Waals surface area contributed by atoms with Gasteiger partial charge < -0.3 is 20.3 Å². The van der Waals surface area contributed by atoms with Gasteiger partial charge in [0.15, 0.2) is 0 Å². The van der Waals surface area contributed by atoms with E-state index in [-0.39, 0.29) is 0 Å². The maximum absolute atomic E-state index is 9.10. The van der Waals surface area contributed by atoms with Gasteiger partial charge in [0.2, 0.25) is 0 Å². The number of carbonyl (C=O) groups is 2. The van der Waals surface area contributed by atoms with Gasteiger partial charge >= 0.3 is 11.9 Å². The molecule has 0 heterocycles. The maximum Gasteiger partial charge on any atom is 0.414 e. The fourth-order valence-electron chi connectivity index (χ4n) is 1.15. The maximum atomic E-state index is 9.10. The number of ether oxygens (including phenoxy) is 1. The lowest BCUT2D eigenvalue weighted by Crippen LogP contribution is -2.29. The van der Waals surface area contributed by atoms with Crippen molar-refractivity contribution in [3.05, 3.63) is 28.7 Å². The Morgan fingerprint density at radius 3 is 2.19 bits per heavy atom. The van der Waals surface area contributed by atoms with Crippen LogP contribution in [0.15, 0.2) is 28.7 Å². The molecule has 0 bridgehead atoms. The number of nitrogens with one attached hydrogen (secondary N) is 1. The first-order valence-corrected chi connectivity index (χ1v) is 7.24. The molecule has 7 heteroatoms. The summed E-state index contributed by atoms with van der Waals surface area (Å²) in [7, 11) is 0. The Balaban J connectivity index is 0.000000567. The molecule has 1 atom stereocenters. The van der Waals surface area contributed by atoms with Crippen LogP contribution < -0.4 is 10.1 Å². The number of halogens is 1. The van der Waals surface area contributed by atoms with Gasteiger partial charge in [-0.2, -0.15) is 0 Å². The van der Waals surface area contributed by atoms with Gasteiger partial charge in [0.1, 0.15) is 12.4 Å². The number of carboxylic acids is 2. The van der Waals surface area contributed by atoms with Crippen molar-refractivity contribution in [1.29, 1.82) is 0 Å². The van der Waals surface area contributed by atoms with Crippen LogP contribution in [0, 0.1) is 0 Å². The third-order valence-electron chi connectivity index (χ3n) is 2.47. The largest absolute Gasteiger partial charge is 0.492 e. The van der Waals surface area contributed by atoms with Crippen LogP contribution in [-0.4, -0.2) is 41.3 Å². The van der Waals surface area contributed by atoms with Gasteiger partial charge in [-0.1, -0.05) is 22.9 Å². The van der Waals surface area contributed by atoms with Crippen molar-refractivity contribution in [2.24, 2.45) is 0 Å². The zero-order chi connectivity index (χ0) is 16.3. The average molecular weight is 362 g/mol. The molecule has 0 saturated carbocycles. The lowest BCUT2D eigenvalue weighted by molar-refractivity contribution is -0.159. The number of hydrogen-bond acceptors (Lipinski definition) is 4. The third-order valence-corrected chi connectivity index (χ3v) is 3.00. The van der Waals surface area contributed by atoms with Crippen molar-refractivity contribution in [2.45, 2.75) is 26.3 Å². The van der Waals surface area contributed by atoms with E-state index in [2.05, 4.69) is 35.1 Å². The predicted molar refractivity (Wildman–Crippen MR) is 82.7 cm³/mol. The minimum atomic E-state index is -1.82. The molecule has 0 aliphatic heterocycles.